The van der Waals surface area contributed by atoms with Crippen molar-refractivity contribution in [1.29, 1.82) is 0 Å². The molecular formula is C16H18Cl2N2. The smallest absolute Gasteiger partial charge is 0.0471 e. The maximum atomic E-state index is 6.29. The summed E-state index contributed by atoms with van der Waals surface area (Å²) in [5, 5.41) is 4.66. The van der Waals surface area contributed by atoms with Gasteiger partial charge in [0.1, 0.15) is 0 Å². The average molecular weight is 309 g/mol. The molecule has 0 spiro atoms. The minimum atomic E-state index is 0.762. The number of anilines is 1. The Morgan fingerprint density at radius 3 is 2.55 bits per heavy atom. The molecular weight excluding hydrogens is 291 g/mol. The number of nitrogens with one attached hydrogen (secondary N) is 1. The van der Waals surface area contributed by atoms with Crippen molar-refractivity contribution in [3.63, 3.8) is 0 Å². The van der Waals surface area contributed by atoms with Crippen LogP contribution in [0.3, 0.4) is 0 Å². The molecule has 0 amide bonds. The third-order valence-electron chi connectivity index (χ3n) is 3.15. The van der Waals surface area contributed by atoms with Crippen molar-refractivity contribution in [3.05, 3.63) is 63.6 Å². The van der Waals surface area contributed by atoms with Crippen molar-refractivity contribution in [2.24, 2.45) is 0 Å². The van der Waals surface area contributed by atoms with Crippen LogP contribution in [-0.4, -0.2) is 14.1 Å². The van der Waals surface area contributed by atoms with Gasteiger partial charge >= 0.3 is 0 Å². The standard InChI is InChI=1S/C16H18Cl2N2/c1-19-10-13-6-7-15(9-16(13)18)20(2)11-12-4-3-5-14(17)8-12/h3-9,19H,10-11H2,1-2H3. The van der Waals surface area contributed by atoms with E-state index in [2.05, 4.69) is 28.4 Å². The van der Waals surface area contributed by atoms with Gasteiger partial charge in [0.25, 0.3) is 0 Å². The Balaban J connectivity index is 2.13. The highest BCUT2D eigenvalue weighted by Crippen LogP contribution is 2.24. The summed E-state index contributed by atoms with van der Waals surface area (Å²) in [6.45, 7) is 1.57. The van der Waals surface area contributed by atoms with Crippen molar-refractivity contribution in [1.82, 2.24) is 5.32 Å². The largest absolute Gasteiger partial charge is 0.370 e. The second-order valence-corrected chi connectivity index (χ2v) is 5.64. The van der Waals surface area contributed by atoms with Crippen LogP contribution in [0, 0.1) is 0 Å². The monoisotopic (exact) mass is 308 g/mol. The molecule has 2 nitrogen and oxygen atoms in total. The van der Waals surface area contributed by atoms with Gasteiger partial charge in [-0.3, -0.25) is 0 Å². The number of hydrogen-bond donors (Lipinski definition) is 1. The third-order valence-corrected chi connectivity index (χ3v) is 3.74. The lowest BCUT2D eigenvalue weighted by Crippen LogP contribution is -2.16. The Kier molecular flexibility index (Phi) is 5.30. The van der Waals surface area contributed by atoms with Gasteiger partial charge in [0, 0.05) is 35.9 Å². The molecule has 0 fully saturated rings. The van der Waals surface area contributed by atoms with E-state index in [1.165, 1.54) is 5.56 Å². The molecule has 0 bridgehead atoms. The zero-order valence-corrected chi connectivity index (χ0v) is 13.2. The Morgan fingerprint density at radius 1 is 1.10 bits per heavy atom. The maximum absolute atomic E-state index is 6.29. The predicted octanol–water partition coefficient (Wildman–Crippen LogP) is 4.35. The van der Waals surface area contributed by atoms with Crippen LogP contribution in [0.4, 0.5) is 5.69 Å². The van der Waals surface area contributed by atoms with Crippen molar-refractivity contribution < 1.29 is 0 Å². The topological polar surface area (TPSA) is 15.3 Å². The van der Waals surface area contributed by atoms with Crippen LogP contribution in [0.2, 0.25) is 10.0 Å². The van der Waals surface area contributed by atoms with Gasteiger partial charge in [-0.05, 0) is 42.4 Å². The van der Waals surface area contributed by atoms with E-state index in [1.54, 1.807) is 0 Å². The highest BCUT2D eigenvalue weighted by atomic mass is 35.5. The van der Waals surface area contributed by atoms with Gasteiger partial charge in [-0.2, -0.15) is 0 Å². The van der Waals surface area contributed by atoms with Crippen LogP contribution in [-0.2, 0) is 13.1 Å². The van der Waals surface area contributed by atoms with Crippen molar-refractivity contribution in [2.45, 2.75) is 13.1 Å². The molecule has 0 saturated heterocycles. The predicted molar refractivity (Wildman–Crippen MR) is 87.8 cm³/mol. The van der Waals surface area contributed by atoms with E-state index in [0.717, 1.165) is 34.4 Å². The second kappa shape index (κ2) is 6.98. The molecule has 20 heavy (non-hydrogen) atoms. The first kappa shape index (κ1) is 15.2. The fraction of sp³-hybridized carbons (Fsp3) is 0.250. The summed E-state index contributed by atoms with van der Waals surface area (Å²) >= 11 is 12.3. The van der Waals surface area contributed by atoms with E-state index in [0.29, 0.717) is 0 Å². The quantitative estimate of drug-likeness (QED) is 0.883. The van der Waals surface area contributed by atoms with Gasteiger partial charge in [-0.25, -0.2) is 0 Å². The van der Waals surface area contributed by atoms with Crippen LogP contribution in [0.25, 0.3) is 0 Å². The Morgan fingerprint density at radius 2 is 1.90 bits per heavy atom. The summed E-state index contributed by atoms with van der Waals surface area (Å²) in [5.74, 6) is 0. The van der Waals surface area contributed by atoms with Crippen molar-refractivity contribution in [2.75, 3.05) is 19.0 Å². The van der Waals surface area contributed by atoms with Crippen molar-refractivity contribution >= 4 is 28.9 Å². The molecule has 2 aromatic rings. The molecule has 0 aliphatic rings. The Bertz CT molecular complexity index is 584. The average Bonchev–Trinajstić information content (AvgIpc) is 2.41. The molecule has 0 aromatic heterocycles. The van der Waals surface area contributed by atoms with Gasteiger partial charge in [0.2, 0.25) is 0 Å². The summed E-state index contributed by atoms with van der Waals surface area (Å²) in [7, 11) is 3.96. The Labute approximate surface area is 130 Å². The highest BCUT2D eigenvalue weighted by Gasteiger charge is 2.06. The highest BCUT2D eigenvalue weighted by molar-refractivity contribution is 6.31. The molecule has 0 aliphatic heterocycles. The molecule has 0 unspecified atom stereocenters. The Hall–Kier alpha value is -1.22. The molecule has 106 valence electrons. The summed E-state index contributed by atoms with van der Waals surface area (Å²) < 4.78 is 0. The van der Waals surface area contributed by atoms with Gasteiger partial charge in [0.15, 0.2) is 0 Å². The number of halogens is 2. The summed E-state index contributed by atoms with van der Waals surface area (Å²) in [5.41, 5.74) is 3.37. The second-order valence-electron chi connectivity index (χ2n) is 4.79. The normalized spacial score (nSPS) is 10.6. The molecule has 1 N–H and O–H groups in total. The van der Waals surface area contributed by atoms with Gasteiger partial charge in [0.05, 0.1) is 0 Å². The van der Waals surface area contributed by atoms with E-state index in [-0.39, 0.29) is 0 Å². The van der Waals surface area contributed by atoms with Gasteiger partial charge < -0.3 is 10.2 Å². The summed E-state index contributed by atoms with van der Waals surface area (Å²) in [6.07, 6.45) is 0. The lowest BCUT2D eigenvalue weighted by Gasteiger charge is -2.20. The van der Waals surface area contributed by atoms with E-state index in [9.17, 15) is 0 Å². The lowest BCUT2D eigenvalue weighted by atomic mass is 10.1. The minimum Gasteiger partial charge on any atom is -0.370 e. The molecule has 0 aliphatic carbocycles. The first-order valence-corrected chi connectivity index (χ1v) is 7.24. The van der Waals surface area contributed by atoms with E-state index in [4.69, 9.17) is 23.2 Å². The van der Waals surface area contributed by atoms with Crippen LogP contribution in [0.15, 0.2) is 42.5 Å². The molecule has 0 saturated carbocycles. The minimum absolute atomic E-state index is 0.762. The van der Waals surface area contributed by atoms with Crippen LogP contribution in [0.1, 0.15) is 11.1 Å². The fourth-order valence-electron chi connectivity index (χ4n) is 2.11. The zero-order valence-electron chi connectivity index (χ0n) is 11.7. The van der Waals surface area contributed by atoms with E-state index < -0.39 is 0 Å². The third kappa shape index (κ3) is 3.89. The number of rotatable bonds is 5. The van der Waals surface area contributed by atoms with E-state index >= 15 is 0 Å². The van der Waals surface area contributed by atoms with E-state index in [1.807, 2.05) is 38.4 Å². The summed E-state index contributed by atoms with van der Waals surface area (Å²) in [6, 6.07) is 14.0. The molecule has 0 heterocycles. The molecule has 2 rings (SSSR count). The maximum Gasteiger partial charge on any atom is 0.0471 e. The molecule has 4 heteroatoms. The first-order valence-electron chi connectivity index (χ1n) is 6.49. The number of benzene rings is 2. The van der Waals surface area contributed by atoms with Crippen LogP contribution < -0.4 is 10.2 Å². The number of hydrogen-bond acceptors (Lipinski definition) is 2. The van der Waals surface area contributed by atoms with Crippen molar-refractivity contribution in [3.8, 4) is 0 Å². The summed E-state index contributed by atoms with van der Waals surface area (Å²) in [4.78, 5) is 2.15. The zero-order chi connectivity index (χ0) is 14.5. The molecule has 0 atom stereocenters. The molecule has 2 aromatic carbocycles. The van der Waals surface area contributed by atoms with Gasteiger partial charge in [-0.15, -0.1) is 0 Å². The lowest BCUT2D eigenvalue weighted by molar-refractivity contribution is 0.817. The first-order chi connectivity index (χ1) is 9.60. The molecule has 0 radical (unpaired) electrons. The van der Waals surface area contributed by atoms with Gasteiger partial charge in [-0.1, -0.05) is 41.4 Å². The fourth-order valence-corrected chi connectivity index (χ4v) is 2.56. The van der Waals surface area contributed by atoms with Crippen LogP contribution in [0.5, 0.6) is 0 Å². The SMILES string of the molecule is CNCc1ccc(N(C)Cc2cccc(Cl)c2)cc1Cl. The number of nitrogens with zero attached hydrogens (tertiary/aromatic N) is 1. The van der Waals surface area contributed by atoms with Crippen LogP contribution >= 0.6 is 23.2 Å².